The van der Waals surface area contributed by atoms with E-state index < -0.39 is 0 Å². The smallest absolute Gasteiger partial charge is 0.254 e. The minimum atomic E-state index is -0.345. The van der Waals surface area contributed by atoms with Crippen molar-refractivity contribution in [2.75, 3.05) is 19.6 Å². The van der Waals surface area contributed by atoms with Crippen LogP contribution in [-0.2, 0) is 0 Å². The quantitative estimate of drug-likeness (QED) is 0.501. The summed E-state index contributed by atoms with van der Waals surface area (Å²) in [4.78, 5) is 22.1. The van der Waals surface area contributed by atoms with Crippen LogP contribution >= 0.6 is 0 Å². The lowest BCUT2D eigenvalue weighted by atomic mass is 10.1. The van der Waals surface area contributed by atoms with Crippen LogP contribution in [0.2, 0.25) is 0 Å². The van der Waals surface area contributed by atoms with Gasteiger partial charge >= 0.3 is 0 Å². The van der Waals surface area contributed by atoms with Crippen molar-refractivity contribution in [3.63, 3.8) is 0 Å². The number of aliphatic imine (C=N–C) groups is 1. The summed E-state index contributed by atoms with van der Waals surface area (Å²) < 4.78 is 19.6. The zero-order valence-electron chi connectivity index (χ0n) is 19.0. The van der Waals surface area contributed by atoms with Gasteiger partial charge in [-0.3, -0.25) is 4.79 Å². The van der Waals surface area contributed by atoms with Gasteiger partial charge in [-0.05, 0) is 74.9 Å². The molecule has 0 radical (unpaired) electrons. The molecule has 3 aromatic carbocycles. The number of ether oxygens (including phenoxy) is 1. The van der Waals surface area contributed by atoms with Gasteiger partial charge in [-0.25, -0.2) is 9.38 Å². The number of carbonyl (C=O) groups excluding carboxylic acids is 1. The predicted octanol–water partition coefficient (Wildman–Crippen LogP) is 5.47. The molecule has 0 bridgehead atoms. The van der Waals surface area contributed by atoms with Crippen molar-refractivity contribution in [3.05, 3.63) is 88.7 Å². The van der Waals surface area contributed by atoms with Crippen LogP contribution in [0.4, 0.5) is 10.1 Å². The highest BCUT2D eigenvalue weighted by molar-refractivity contribution is 6.04. The van der Waals surface area contributed by atoms with Gasteiger partial charge in [0.05, 0.1) is 5.56 Å². The molecule has 6 heteroatoms. The number of amides is 1. The highest BCUT2D eigenvalue weighted by atomic mass is 19.1. The normalized spacial score (nSPS) is 17.5. The van der Waals surface area contributed by atoms with E-state index >= 15 is 0 Å². The van der Waals surface area contributed by atoms with Gasteiger partial charge in [0, 0.05) is 31.2 Å². The van der Waals surface area contributed by atoms with Crippen molar-refractivity contribution in [2.24, 2.45) is 4.99 Å². The number of rotatable bonds is 1. The molecule has 2 aliphatic rings. The van der Waals surface area contributed by atoms with Crippen LogP contribution in [0.25, 0.3) is 0 Å². The van der Waals surface area contributed by atoms with Crippen molar-refractivity contribution in [3.8, 4) is 11.5 Å². The summed E-state index contributed by atoms with van der Waals surface area (Å²) in [6.45, 7) is 7.97. The fourth-order valence-corrected chi connectivity index (χ4v) is 4.45. The van der Waals surface area contributed by atoms with E-state index in [9.17, 15) is 9.18 Å². The number of hydrogen-bond acceptors (Lipinski definition) is 4. The number of amidine groups is 1. The summed E-state index contributed by atoms with van der Waals surface area (Å²) in [6.07, 6.45) is 0. The molecule has 168 valence electrons. The summed E-state index contributed by atoms with van der Waals surface area (Å²) in [5, 5.41) is 0. The number of nitrogens with zero attached hydrogens (tertiary/aromatic N) is 3. The number of carbonyl (C=O) groups is 1. The van der Waals surface area contributed by atoms with Crippen molar-refractivity contribution in [1.29, 1.82) is 0 Å². The van der Waals surface area contributed by atoms with Crippen LogP contribution in [0.5, 0.6) is 11.5 Å². The zero-order valence-corrected chi connectivity index (χ0v) is 19.0. The summed E-state index contributed by atoms with van der Waals surface area (Å²) in [5.41, 5.74) is 4.49. The molecule has 0 spiro atoms. The largest absolute Gasteiger partial charge is 0.454 e. The summed E-state index contributed by atoms with van der Waals surface area (Å²) in [7, 11) is 0. The van der Waals surface area contributed by atoms with Crippen molar-refractivity contribution >= 4 is 17.4 Å². The van der Waals surface area contributed by atoms with Crippen molar-refractivity contribution in [1.82, 2.24) is 9.80 Å². The molecule has 1 saturated heterocycles. The first-order chi connectivity index (χ1) is 15.9. The first-order valence-corrected chi connectivity index (χ1v) is 11.2. The van der Waals surface area contributed by atoms with Gasteiger partial charge in [-0.15, -0.1) is 0 Å². The molecule has 1 unspecified atom stereocenters. The molecule has 0 aliphatic carbocycles. The van der Waals surface area contributed by atoms with Gasteiger partial charge < -0.3 is 14.5 Å². The van der Waals surface area contributed by atoms with E-state index in [4.69, 9.17) is 9.73 Å². The van der Waals surface area contributed by atoms with Crippen LogP contribution < -0.4 is 4.74 Å². The maximum absolute atomic E-state index is 13.3. The number of hydrogen-bond donors (Lipinski definition) is 0. The molecule has 1 fully saturated rings. The van der Waals surface area contributed by atoms with Crippen molar-refractivity contribution < 1.29 is 13.9 Å². The van der Waals surface area contributed by atoms with E-state index in [1.165, 1.54) is 12.1 Å². The van der Waals surface area contributed by atoms with E-state index in [1.807, 2.05) is 49.1 Å². The van der Waals surface area contributed by atoms with Gasteiger partial charge in [-0.1, -0.05) is 17.7 Å². The minimum Gasteiger partial charge on any atom is -0.454 e. The molecule has 5 rings (SSSR count). The molecule has 0 saturated carbocycles. The van der Waals surface area contributed by atoms with Gasteiger partial charge in [0.15, 0.2) is 5.75 Å². The predicted molar refractivity (Wildman–Crippen MR) is 127 cm³/mol. The second kappa shape index (κ2) is 8.35. The number of benzene rings is 3. The maximum atomic E-state index is 13.3. The molecule has 2 aliphatic heterocycles. The Labute approximate surface area is 193 Å². The molecule has 0 N–H and O–H groups in total. The third-order valence-electron chi connectivity index (χ3n) is 6.22. The second-order valence-electron chi connectivity index (χ2n) is 8.81. The Morgan fingerprint density at radius 3 is 2.45 bits per heavy atom. The molecule has 1 atom stereocenters. The number of halogens is 1. The maximum Gasteiger partial charge on any atom is 0.254 e. The Bertz CT molecular complexity index is 1250. The van der Waals surface area contributed by atoms with Crippen LogP contribution in [0.3, 0.4) is 0 Å². The van der Waals surface area contributed by atoms with Gasteiger partial charge in [0.25, 0.3) is 5.91 Å². The highest BCUT2D eigenvalue weighted by Gasteiger charge is 2.32. The third kappa shape index (κ3) is 4.09. The number of fused-ring (bicyclic) bond motifs is 2. The molecule has 2 heterocycles. The average Bonchev–Trinajstić information content (AvgIpc) is 2.95. The average molecular weight is 444 g/mol. The van der Waals surface area contributed by atoms with Crippen LogP contribution in [0.15, 0.2) is 65.7 Å². The van der Waals surface area contributed by atoms with E-state index in [0.717, 1.165) is 39.7 Å². The molecule has 33 heavy (non-hydrogen) atoms. The molecular weight excluding hydrogens is 417 g/mol. The standard InChI is InChI=1S/C27H26FN3O2/c1-17-5-11-24-22(14-17)26(29-23-10-4-18(2)15-25(23)33-24)30-12-13-31(19(3)16-30)27(32)20-6-8-21(28)9-7-20/h4-11,14-15,19H,12-13,16H2,1-3H3. The lowest BCUT2D eigenvalue weighted by Gasteiger charge is -2.41. The van der Waals surface area contributed by atoms with Gasteiger partial charge in [0.1, 0.15) is 23.1 Å². The summed E-state index contributed by atoms with van der Waals surface area (Å²) in [6, 6.07) is 17.9. The van der Waals surface area contributed by atoms with Crippen LogP contribution in [0.1, 0.15) is 34.0 Å². The molecule has 3 aromatic rings. The molecule has 0 aromatic heterocycles. The highest BCUT2D eigenvalue weighted by Crippen LogP contribution is 2.39. The van der Waals surface area contributed by atoms with Crippen LogP contribution in [-0.4, -0.2) is 47.2 Å². The fourth-order valence-electron chi connectivity index (χ4n) is 4.45. The third-order valence-corrected chi connectivity index (χ3v) is 6.22. The summed E-state index contributed by atoms with van der Waals surface area (Å²) in [5.74, 6) is 1.96. The lowest BCUT2D eigenvalue weighted by Crippen LogP contribution is -2.55. The Morgan fingerprint density at radius 2 is 1.70 bits per heavy atom. The van der Waals surface area contributed by atoms with E-state index in [0.29, 0.717) is 25.2 Å². The van der Waals surface area contributed by atoms with Gasteiger partial charge in [0.2, 0.25) is 0 Å². The topological polar surface area (TPSA) is 45.1 Å². The number of aryl methyl sites for hydroxylation is 2. The van der Waals surface area contributed by atoms with Crippen LogP contribution in [0, 0.1) is 19.7 Å². The molecule has 1 amide bonds. The van der Waals surface area contributed by atoms with E-state index in [1.54, 1.807) is 12.1 Å². The Hall–Kier alpha value is -3.67. The van der Waals surface area contributed by atoms with Crippen molar-refractivity contribution in [2.45, 2.75) is 26.8 Å². The Balaban J connectivity index is 1.46. The first-order valence-electron chi connectivity index (χ1n) is 11.2. The Kier molecular flexibility index (Phi) is 5.36. The molecule has 5 nitrogen and oxygen atoms in total. The van der Waals surface area contributed by atoms with E-state index in [-0.39, 0.29) is 17.8 Å². The second-order valence-corrected chi connectivity index (χ2v) is 8.81. The van der Waals surface area contributed by atoms with E-state index in [2.05, 4.69) is 17.9 Å². The summed E-state index contributed by atoms with van der Waals surface area (Å²) >= 11 is 0. The molecular formula is C27H26FN3O2. The minimum absolute atomic E-state index is 0.0334. The zero-order chi connectivity index (χ0) is 23.1. The SMILES string of the molecule is Cc1ccc2c(c1)Oc1ccc(C)cc1C(N1CCN(C(=O)c3ccc(F)cc3)C(C)C1)=N2. The Morgan fingerprint density at radius 1 is 0.970 bits per heavy atom. The number of piperazine rings is 1. The van der Waals surface area contributed by atoms with Gasteiger partial charge in [-0.2, -0.15) is 0 Å². The lowest BCUT2D eigenvalue weighted by molar-refractivity contribution is 0.0581. The first kappa shape index (κ1) is 21.2. The fraction of sp³-hybridized carbons (Fsp3) is 0.259. The monoisotopic (exact) mass is 443 g/mol.